The second-order valence-corrected chi connectivity index (χ2v) is 9.08. The Morgan fingerprint density at radius 1 is 1.15 bits per heavy atom. The lowest BCUT2D eigenvalue weighted by atomic mass is 9.98. The normalized spacial score (nSPS) is 17.6. The van der Waals surface area contributed by atoms with E-state index in [1.165, 1.54) is 10.6 Å². The van der Waals surface area contributed by atoms with Crippen LogP contribution in [0, 0.1) is 0 Å². The summed E-state index contributed by atoms with van der Waals surface area (Å²) in [6.45, 7) is 1.47. The number of halogens is 1. The lowest BCUT2D eigenvalue weighted by molar-refractivity contribution is 0.251. The van der Waals surface area contributed by atoms with E-state index >= 15 is 0 Å². The molecule has 0 spiro atoms. The van der Waals surface area contributed by atoms with Gasteiger partial charge in [-0.1, -0.05) is 35.9 Å². The zero-order valence-corrected chi connectivity index (χ0v) is 16.6. The number of carbonyl (C=O) groups is 1. The molecule has 0 aromatic heterocycles. The molecule has 2 aromatic rings. The van der Waals surface area contributed by atoms with Crippen LogP contribution in [0.2, 0.25) is 5.02 Å². The van der Waals surface area contributed by atoms with Gasteiger partial charge in [0.1, 0.15) is 0 Å². The van der Waals surface area contributed by atoms with Gasteiger partial charge in [-0.2, -0.15) is 0 Å². The van der Waals surface area contributed by atoms with E-state index in [0.29, 0.717) is 30.3 Å². The van der Waals surface area contributed by atoms with E-state index in [4.69, 9.17) is 11.6 Å². The first kappa shape index (κ1) is 19.7. The standard InChI is InChI=1S/C19H22ClN3O3S/c1-27(25,26)23-11-10-16(13-23)15-4-8-18(9-5-15)22-19(24)21-12-14-2-6-17(20)7-3-14/h2-9,16H,10-13H2,1H3,(H2,21,22,24). The van der Waals surface area contributed by atoms with Gasteiger partial charge in [-0.3, -0.25) is 0 Å². The van der Waals surface area contributed by atoms with Gasteiger partial charge in [0.2, 0.25) is 10.0 Å². The summed E-state index contributed by atoms with van der Waals surface area (Å²) < 4.78 is 24.8. The monoisotopic (exact) mass is 407 g/mol. The molecule has 1 saturated heterocycles. The molecule has 1 heterocycles. The van der Waals surface area contributed by atoms with E-state index in [2.05, 4.69) is 10.6 Å². The number of nitrogens with one attached hydrogen (secondary N) is 2. The van der Waals surface area contributed by atoms with Crippen molar-refractivity contribution in [3.8, 4) is 0 Å². The van der Waals surface area contributed by atoms with E-state index in [0.717, 1.165) is 17.5 Å². The first-order valence-corrected chi connectivity index (χ1v) is 10.9. The van der Waals surface area contributed by atoms with Crippen LogP contribution in [0.25, 0.3) is 0 Å². The molecule has 3 rings (SSSR count). The fourth-order valence-corrected chi connectivity index (χ4v) is 4.11. The Labute approximate surface area is 164 Å². The Morgan fingerprint density at radius 2 is 1.81 bits per heavy atom. The summed E-state index contributed by atoms with van der Waals surface area (Å²) in [6.07, 6.45) is 2.05. The molecule has 0 radical (unpaired) electrons. The van der Waals surface area contributed by atoms with Crippen molar-refractivity contribution in [1.82, 2.24) is 9.62 Å². The van der Waals surface area contributed by atoms with E-state index < -0.39 is 10.0 Å². The minimum atomic E-state index is -3.14. The molecular weight excluding hydrogens is 386 g/mol. The van der Waals surface area contributed by atoms with Crippen LogP contribution in [-0.4, -0.2) is 38.1 Å². The number of amides is 2. The van der Waals surface area contributed by atoms with Crippen LogP contribution in [-0.2, 0) is 16.6 Å². The minimum absolute atomic E-state index is 0.188. The Bertz CT molecular complexity index is 899. The largest absolute Gasteiger partial charge is 0.334 e. The van der Waals surface area contributed by atoms with Crippen LogP contribution in [0.5, 0.6) is 0 Å². The van der Waals surface area contributed by atoms with Crippen molar-refractivity contribution in [1.29, 1.82) is 0 Å². The zero-order valence-electron chi connectivity index (χ0n) is 15.0. The zero-order chi connectivity index (χ0) is 19.4. The molecule has 1 aliphatic heterocycles. The number of hydrogen-bond acceptors (Lipinski definition) is 3. The predicted octanol–water partition coefficient (Wildman–Crippen LogP) is 3.41. The van der Waals surface area contributed by atoms with Gasteiger partial charge in [-0.25, -0.2) is 17.5 Å². The van der Waals surface area contributed by atoms with Crippen LogP contribution in [0.15, 0.2) is 48.5 Å². The minimum Gasteiger partial charge on any atom is -0.334 e. The number of urea groups is 1. The fraction of sp³-hybridized carbons (Fsp3) is 0.316. The maximum Gasteiger partial charge on any atom is 0.319 e. The molecule has 2 amide bonds. The average molecular weight is 408 g/mol. The molecule has 1 unspecified atom stereocenters. The van der Waals surface area contributed by atoms with E-state index in [1.54, 1.807) is 12.1 Å². The summed E-state index contributed by atoms with van der Waals surface area (Å²) in [5.74, 6) is 0.188. The number of carbonyl (C=O) groups excluding carboxylic acids is 1. The molecule has 0 saturated carbocycles. The molecule has 0 aliphatic carbocycles. The summed E-state index contributed by atoms with van der Waals surface area (Å²) in [4.78, 5) is 12.0. The number of benzene rings is 2. The molecule has 8 heteroatoms. The van der Waals surface area contributed by atoms with Crippen molar-refractivity contribution >= 4 is 33.3 Å². The first-order valence-electron chi connectivity index (χ1n) is 8.65. The third-order valence-corrected chi connectivity index (χ3v) is 6.15. The Kier molecular flexibility index (Phi) is 6.04. The topological polar surface area (TPSA) is 78.5 Å². The SMILES string of the molecule is CS(=O)(=O)N1CCC(c2ccc(NC(=O)NCc3ccc(Cl)cc3)cc2)C1. The fourth-order valence-electron chi connectivity index (χ4n) is 3.10. The van der Waals surface area contributed by atoms with Crippen LogP contribution < -0.4 is 10.6 Å². The van der Waals surface area contributed by atoms with Gasteiger partial charge in [0.05, 0.1) is 6.26 Å². The maximum absolute atomic E-state index is 12.0. The second-order valence-electron chi connectivity index (χ2n) is 6.66. The highest BCUT2D eigenvalue weighted by molar-refractivity contribution is 7.88. The number of nitrogens with zero attached hydrogens (tertiary/aromatic N) is 1. The van der Waals surface area contributed by atoms with Gasteiger partial charge in [-0.05, 0) is 47.7 Å². The van der Waals surface area contributed by atoms with E-state index in [9.17, 15) is 13.2 Å². The molecule has 1 aliphatic rings. The number of anilines is 1. The Balaban J connectivity index is 1.51. The Hall–Kier alpha value is -2.09. The highest BCUT2D eigenvalue weighted by atomic mass is 35.5. The summed E-state index contributed by atoms with van der Waals surface area (Å²) in [5, 5.41) is 6.24. The van der Waals surface area contributed by atoms with Crippen molar-refractivity contribution in [3.63, 3.8) is 0 Å². The number of rotatable bonds is 5. The molecule has 1 atom stereocenters. The van der Waals surface area contributed by atoms with Crippen molar-refractivity contribution in [2.45, 2.75) is 18.9 Å². The van der Waals surface area contributed by atoms with Gasteiger partial charge < -0.3 is 10.6 Å². The molecule has 0 bridgehead atoms. The van der Waals surface area contributed by atoms with Crippen molar-refractivity contribution in [2.24, 2.45) is 0 Å². The van der Waals surface area contributed by atoms with Crippen molar-refractivity contribution in [3.05, 3.63) is 64.7 Å². The lowest BCUT2D eigenvalue weighted by Gasteiger charge is -2.14. The van der Waals surface area contributed by atoms with E-state index in [-0.39, 0.29) is 11.9 Å². The van der Waals surface area contributed by atoms with Gasteiger partial charge in [0.25, 0.3) is 0 Å². The van der Waals surface area contributed by atoms with Gasteiger partial charge in [-0.15, -0.1) is 0 Å². The molecule has 2 aromatic carbocycles. The second kappa shape index (κ2) is 8.29. The summed E-state index contributed by atoms with van der Waals surface area (Å²) >= 11 is 5.84. The highest BCUT2D eigenvalue weighted by Crippen LogP contribution is 2.29. The smallest absolute Gasteiger partial charge is 0.319 e. The first-order chi connectivity index (χ1) is 12.8. The van der Waals surface area contributed by atoms with Gasteiger partial charge >= 0.3 is 6.03 Å². The average Bonchev–Trinajstić information content (AvgIpc) is 3.12. The number of hydrogen-bond donors (Lipinski definition) is 2. The number of sulfonamides is 1. The summed E-state index contributed by atoms with van der Waals surface area (Å²) in [7, 11) is -3.14. The molecule has 27 heavy (non-hydrogen) atoms. The van der Waals surface area contributed by atoms with Crippen LogP contribution in [0.1, 0.15) is 23.5 Å². The van der Waals surface area contributed by atoms with Crippen LogP contribution in [0.4, 0.5) is 10.5 Å². The van der Waals surface area contributed by atoms with Crippen LogP contribution >= 0.6 is 11.6 Å². The third kappa shape index (κ3) is 5.45. The lowest BCUT2D eigenvalue weighted by Crippen LogP contribution is -2.28. The molecular formula is C19H22ClN3O3S. The van der Waals surface area contributed by atoms with Gasteiger partial charge in [0.15, 0.2) is 0 Å². The van der Waals surface area contributed by atoms with E-state index in [1.807, 2.05) is 36.4 Å². The van der Waals surface area contributed by atoms with Crippen LogP contribution in [0.3, 0.4) is 0 Å². The summed E-state index contributed by atoms with van der Waals surface area (Å²) in [6, 6.07) is 14.5. The molecule has 144 valence electrons. The summed E-state index contributed by atoms with van der Waals surface area (Å²) in [5.41, 5.74) is 2.72. The molecule has 1 fully saturated rings. The molecule has 2 N–H and O–H groups in total. The van der Waals surface area contributed by atoms with Crippen molar-refractivity contribution < 1.29 is 13.2 Å². The third-order valence-electron chi connectivity index (χ3n) is 4.63. The van der Waals surface area contributed by atoms with Crippen molar-refractivity contribution in [2.75, 3.05) is 24.7 Å². The van der Waals surface area contributed by atoms with Gasteiger partial charge in [0, 0.05) is 30.3 Å². The maximum atomic E-state index is 12.0. The Morgan fingerprint density at radius 3 is 2.41 bits per heavy atom. The molecule has 6 nitrogen and oxygen atoms in total. The predicted molar refractivity (Wildman–Crippen MR) is 108 cm³/mol. The highest BCUT2D eigenvalue weighted by Gasteiger charge is 2.29. The quantitative estimate of drug-likeness (QED) is 0.797.